The summed E-state index contributed by atoms with van der Waals surface area (Å²) in [6.07, 6.45) is 2.15. The van der Waals surface area contributed by atoms with Crippen LogP contribution in [0.3, 0.4) is 0 Å². The molecule has 0 aliphatic carbocycles. The number of nitrogens with one attached hydrogen (secondary N) is 1. The minimum absolute atomic E-state index is 0.0834. The zero-order valence-corrected chi connectivity index (χ0v) is 13.8. The highest BCUT2D eigenvalue weighted by Crippen LogP contribution is 2.32. The van der Waals surface area contributed by atoms with Gasteiger partial charge in [-0.2, -0.15) is 0 Å². The molecule has 3 heteroatoms. The van der Waals surface area contributed by atoms with Crippen LogP contribution < -0.4 is 10.2 Å². The number of hydrogen-bond acceptors (Lipinski definition) is 3. The zero-order chi connectivity index (χ0) is 15.3. The first-order valence-corrected chi connectivity index (χ1v) is 7.63. The van der Waals surface area contributed by atoms with Gasteiger partial charge < -0.3 is 15.3 Å². The molecule has 2 N–H and O–H groups in total. The molecule has 1 rings (SSSR count). The predicted molar refractivity (Wildman–Crippen MR) is 87.6 cm³/mol. The van der Waals surface area contributed by atoms with E-state index >= 15 is 0 Å². The van der Waals surface area contributed by atoms with Crippen LogP contribution >= 0.6 is 0 Å². The summed E-state index contributed by atoms with van der Waals surface area (Å²) < 4.78 is 0. The molecule has 0 fully saturated rings. The van der Waals surface area contributed by atoms with E-state index in [0.717, 1.165) is 30.6 Å². The Hall–Kier alpha value is -1.22. The first-order chi connectivity index (χ1) is 9.33. The van der Waals surface area contributed by atoms with Gasteiger partial charge in [-0.25, -0.2) is 0 Å². The Kier molecular flexibility index (Phi) is 5.88. The van der Waals surface area contributed by atoms with Crippen LogP contribution in [0.4, 0.5) is 5.69 Å². The summed E-state index contributed by atoms with van der Waals surface area (Å²) in [6, 6.07) is 6.17. The Bertz CT molecular complexity index is 429. The van der Waals surface area contributed by atoms with Crippen LogP contribution in [0.5, 0.6) is 5.75 Å². The molecular weight excluding hydrogens is 248 g/mol. The van der Waals surface area contributed by atoms with Gasteiger partial charge in [0, 0.05) is 35.9 Å². The summed E-state index contributed by atoms with van der Waals surface area (Å²) in [5.41, 5.74) is 2.10. The van der Waals surface area contributed by atoms with E-state index in [-0.39, 0.29) is 11.6 Å². The maximum atomic E-state index is 10.3. The molecule has 0 aliphatic heterocycles. The summed E-state index contributed by atoms with van der Waals surface area (Å²) >= 11 is 0. The SMILES string of the molecule is CCCNC(C)c1ccc(N(C)C(C)(C)CC)cc1O. The van der Waals surface area contributed by atoms with Crippen LogP contribution in [0.15, 0.2) is 18.2 Å². The number of hydrogen-bond donors (Lipinski definition) is 2. The molecule has 0 saturated carbocycles. The Labute approximate surface area is 124 Å². The number of aromatic hydroxyl groups is 1. The maximum absolute atomic E-state index is 10.3. The lowest BCUT2D eigenvalue weighted by molar-refractivity contribution is 0.448. The van der Waals surface area contributed by atoms with E-state index in [1.165, 1.54) is 0 Å². The highest BCUT2D eigenvalue weighted by atomic mass is 16.3. The van der Waals surface area contributed by atoms with E-state index in [4.69, 9.17) is 0 Å². The molecule has 0 bridgehead atoms. The molecule has 0 spiro atoms. The molecule has 20 heavy (non-hydrogen) atoms. The lowest BCUT2D eigenvalue weighted by Gasteiger charge is -2.37. The minimum Gasteiger partial charge on any atom is -0.508 e. The van der Waals surface area contributed by atoms with Gasteiger partial charge in [-0.15, -0.1) is 0 Å². The molecule has 3 nitrogen and oxygen atoms in total. The van der Waals surface area contributed by atoms with Crippen molar-refractivity contribution in [1.82, 2.24) is 5.32 Å². The fourth-order valence-electron chi connectivity index (χ4n) is 2.16. The summed E-state index contributed by atoms with van der Waals surface area (Å²) in [7, 11) is 2.08. The van der Waals surface area contributed by atoms with Crippen molar-refractivity contribution < 1.29 is 5.11 Å². The molecule has 1 unspecified atom stereocenters. The summed E-state index contributed by atoms with van der Waals surface area (Å²) in [6.45, 7) is 11.8. The molecule has 1 atom stereocenters. The van der Waals surface area contributed by atoms with Gasteiger partial charge in [0.05, 0.1) is 0 Å². The Morgan fingerprint density at radius 3 is 2.45 bits per heavy atom. The molecule has 0 aliphatic rings. The van der Waals surface area contributed by atoms with Crippen LogP contribution in [-0.4, -0.2) is 24.2 Å². The number of benzene rings is 1. The number of rotatable bonds is 7. The lowest BCUT2D eigenvalue weighted by Crippen LogP contribution is -2.40. The Morgan fingerprint density at radius 1 is 1.30 bits per heavy atom. The highest BCUT2D eigenvalue weighted by Gasteiger charge is 2.22. The van der Waals surface area contributed by atoms with E-state index in [2.05, 4.69) is 57.9 Å². The first-order valence-electron chi connectivity index (χ1n) is 7.63. The van der Waals surface area contributed by atoms with Gasteiger partial charge >= 0.3 is 0 Å². The number of phenolic OH excluding ortho intramolecular Hbond substituents is 1. The normalized spacial score (nSPS) is 13.3. The molecule has 0 heterocycles. The van der Waals surface area contributed by atoms with Gasteiger partial charge in [0.25, 0.3) is 0 Å². The predicted octanol–water partition coefficient (Wildman–Crippen LogP) is 4.08. The average Bonchev–Trinajstić information content (AvgIpc) is 2.43. The van der Waals surface area contributed by atoms with Crippen LogP contribution in [0.2, 0.25) is 0 Å². The third-order valence-electron chi connectivity index (χ3n) is 4.34. The van der Waals surface area contributed by atoms with E-state index in [1.54, 1.807) is 0 Å². The molecule has 114 valence electrons. The van der Waals surface area contributed by atoms with Gasteiger partial charge in [0.2, 0.25) is 0 Å². The summed E-state index contributed by atoms with van der Waals surface area (Å²) in [5.74, 6) is 0.373. The zero-order valence-electron chi connectivity index (χ0n) is 13.8. The van der Waals surface area contributed by atoms with Gasteiger partial charge in [0.1, 0.15) is 5.75 Å². The average molecular weight is 278 g/mol. The van der Waals surface area contributed by atoms with Crippen LogP contribution in [0, 0.1) is 0 Å². The summed E-state index contributed by atoms with van der Waals surface area (Å²) in [5, 5.41) is 13.7. The monoisotopic (exact) mass is 278 g/mol. The van der Waals surface area contributed by atoms with Crippen molar-refractivity contribution >= 4 is 5.69 Å². The smallest absolute Gasteiger partial charge is 0.122 e. The standard InChI is InChI=1S/C17H30N2O/c1-7-11-18-13(3)15-10-9-14(12-16(15)20)19(6)17(4,5)8-2/h9-10,12-13,18,20H,7-8,11H2,1-6H3. The Morgan fingerprint density at radius 2 is 1.95 bits per heavy atom. The lowest BCUT2D eigenvalue weighted by atomic mass is 9.98. The van der Waals surface area contributed by atoms with Crippen molar-refractivity contribution in [1.29, 1.82) is 0 Å². The van der Waals surface area contributed by atoms with E-state index in [1.807, 2.05) is 12.1 Å². The first kappa shape index (κ1) is 16.8. The van der Waals surface area contributed by atoms with Gasteiger partial charge in [-0.1, -0.05) is 19.9 Å². The third-order valence-corrected chi connectivity index (χ3v) is 4.34. The fraction of sp³-hybridized carbons (Fsp3) is 0.647. The van der Waals surface area contributed by atoms with Crippen molar-refractivity contribution in [2.75, 3.05) is 18.5 Å². The van der Waals surface area contributed by atoms with E-state index < -0.39 is 0 Å². The van der Waals surface area contributed by atoms with E-state index in [9.17, 15) is 5.11 Å². The van der Waals surface area contributed by atoms with Crippen molar-refractivity contribution in [2.45, 2.75) is 59.0 Å². The van der Waals surface area contributed by atoms with Crippen molar-refractivity contribution in [2.24, 2.45) is 0 Å². The quantitative estimate of drug-likeness (QED) is 0.789. The second kappa shape index (κ2) is 6.98. The van der Waals surface area contributed by atoms with Gasteiger partial charge in [-0.3, -0.25) is 0 Å². The molecule has 0 radical (unpaired) electrons. The molecule has 0 aromatic heterocycles. The minimum atomic E-state index is 0.0834. The molecule has 1 aromatic carbocycles. The second-order valence-corrected chi connectivity index (χ2v) is 6.14. The molecule has 0 saturated heterocycles. The van der Waals surface area contributed by atoms with Crippen LogP contribution in [-0.2, 0) is 0 Å². The van der Waals surface area contributed by atoms with Crippen molar-refractivity contribution in [3.05, 3.63) is 23.8 Å². The highest BCUT2D eigenvalue weighted by molar-refractivity contribution is 5.55. The number of phenols is 1. The fourth-order valence-corrected chi connectivity index (χ4v) is 2.16. The second-order valence-electron chi connectivity index (χ2n) is 6.14. The number of anilines is 1. The maximum Gasteiger partial charge on any atom is 0.122 e. The molecular formula is C17H30N2O. The van der Waals surface area contributed by atoms with Gasteiger partial charge in [0.15, 0.2) is 0 Å². The largest absolute Gasteiger partial charge is 0.508 e. The van der Waals surface area contributed by atoms with Crippen LogP contribution in [0.1, 0.15) is 59.1 Å². The van der Waals surface area contributed by atoms with E-state index in [0.29, 0.717) is 5.75 Å². The Balaban J connectivity index is 2.93. The third kappa shape index (κ3) is 3.89. The molecule has 0 amide bonds. The van der Waals surface area contributed by atoms with Crippen molar-refractivity contribution in [3.63, 3.8) is 0 Å². The topological polar surface area (TPSA) is 35.5 Å². The summed E-state index contributed by atoms with van der Waals surface area (Å²) in [4.78, 5) is 2.22. The van der Waals surface area contributed by atoms with Crippen LogP contribution in [0.25, 0.3) is 0 Å². The van der Waals surface area contributed by atoms with Gasteiger partial charge in [-0.05, 0) is 46.2 Å². The van der Waals surface area contributed by atoms with Crippen molar-refractivity contribution in [3.8, 4) is 5.75 Å². The molecule has 1 aromatic rings. The number of nitrogens with zero attached hydrogens (tertiary/aromatic N) is 1.